The molecule has 0 aliphatic heterocycles. The maximum atomic E-state index is 12.9. The topological polar surface area (TPSA) is 95.6 Å². The van der Waals surface area contributed by atoms with Crippen LogP contribution in [0.2, 0.25) is 0 Å². The second-order valence-corrected chi connectivity index (χ2v) is 9.27. The maximum Gasteiger partial charge on any atom is 0.255 e. The van der Waals surface area contributed by atoms with Crippen LogP contribution in [0.25, 0.3) is 0 Å². The van der Waals surface area contributed by atoms with Crippen LogP contribution < -0.4 is 10.0 Å². The summed E-state index contributed by atoms with van der Waals surface area (Å²) in [4.78, 5) is 26.3. The van der Waals surface area contributed by atoms with Gasteiger partial charge in [-0.3, -0.25) is 9.59 Å². The molecule has 2 N–H and O–H groups in total. The summed E-state index contributed by atoms with van der Waals surface area (Å²) in [6, 6.07) is 11.8. The number of carbonyl (C=O) groups is 2. The minimum Gasteiger partial charge on any atom is -0.339 e. The number of rotatable bonds is 8. The Morgan fingerprint density at radius 2 is 1.87 bits per heavy atom. The first kappa shape index (κ1) is 22.0. The number of nitrogens with zero attached hydrogens (tertiary/aromatic N) is 1. The fraction of sp³-hybridized carbons (Fsp3) is 0.364. The largest absolute Gasteiger partial charge is 0.339 e. The second-order valence-electron chi connectivity index (χ2n) is 7.56. The number of hydrogen-bond acceptors (Lipinski definition) is 4. The molecule has 1 saturated carbocycles. The maximum absolute atomic E-state index is 12.9. The van der Waals surface area contributed by atoms with E-state index in [0.29, 0.717) is 29.9 Å². The van der Waals surface area contributed by atoms with Gasteiger partial charge in [-0.25, -0.2) is 13.1 Å². The lowest BCUT2D eigenvalue weighted by Crippen LogP contribution is -2.27. The molecule has 2 amide bonds. The zero-order valence-corrected chi connectivity index (χ0v) is 18.3. The highest BCUT2D eigenvalue weighted by Crippen LogP contribution is 2.24. The van der Waals surface area contributed by atoms with Crippen LogP contribution in [0.1, 0.15) is 48.2 Å². The Hall–Kier alpha value is -2.71. The number of sulfonamides is 1. The van der Waals surface area contributed by atoms with Gasteiger partial charge in [0.25, 0.3) is 5.91 Å². The van der Waals surface area contributed by atoms with E-state index in [9.17, 15) is 18.0 Å². The van der Waals surface area contributed by atoms with E-state index in [1.54, 1.807) is 24.0 Å². The number of benzene rings is 2. The van der Waals surface area contributed by atoms with Gasteiger partial charge in [-0.05, 0) is 62.1 Å². The molecule has 0 spiro atoms. The Morgan fingerprint density at radius 3 is 2.50 bits per heavy atom. The highest BCUT2D eigenvalue weighted by Gasteiger charge is 2.28. The van der Waals surface area contributed by atoms with Gasteiger partial charge in [0.15, 0.2) is 0 Å². The zero-order chi connectivity index (χ0) is 21.9. The van der Waals surface area contributed by atoms with Crippen LogP contribution in [0.5, 0.6) is 0 Å². The number of carbonyl (C=O) groups excluding carboxylic acids is 2. The summed E-state index contributed by atoms with van der Waals surface area (Å²) in [6.07, 6.45) is 1.68. The molecule has 0 saturated heterocycles. The van der Waals surface area contributed by atoms with Crippen LogP contribution >= 0.6 is 0 Å². The SMILES string of the molecule is CCN(Cc1cccc(NC(=O)c2cc(S(=O)(=O)NC3CC3)ccc2C)c1)C(C)=O. The van der Waals surface area contributed by atoms with Crippen molar-refractivity contribution in [3.05, 3.63) is 59.2 Å². The van der Waals surface area contributed by atoms with Gasteiger partial charge in [-0.15, -0.1) is 0 Å². The molecule has 3 rings (SSSR count). The van der Waals surface area contributed by atoms with Crippen molar-refractivity contribution in [1.82, 2.24) is 9.62 Å². The van der Waals surface area contributed by atoms with Crippen molar-refractivity contribution in [2.75, 3.05) is 11.9 Å². The molecule has 1 aliphatic carbocycles. The number of aryl methyl sites for hydroxylation is 1. The van der Waals surface area contributed by atoms with Crippen molar-refractivity contribution in [2.45, 2.75) is 51.1 Å². The van der Waals surface area contributed by atoms with Gasteiger partial charge in [0, 0.05) is 37.3 Å². The lowest BCUT2D eigenvalue weighted by molar-refractivity contribution is -0.129. The van der Waals surface area contributed by atoms with Crippen LogP contribution in [0, 0.1) is 6.92 Å². The van der Waals surface area contributed by atoms with E-state index in [1.807, 2.05) is 25.1 Å². The third kappa shape index (κ3) is 5.46. The molecule has 0 unspecified atom stereocenters. The van der Waals surface area contributed by atoms with E-state index in [4.69, 9.17) is 0 Å². The molecular formula is C22H27N3O4S. The Balaban J connectivity index is 1.78. The summed E-state index contributed by atoms with van der Waals surface area (Å²) in [6.45, 7) is 6.25. The van der Waals surface area contributed by atoms with Gasteiger partial charge >= 0.3 is 0 Å². The van der Waals surface area contributed by atoms with E-state index >= 15 is 0 Å². The summed E-state index contributed by atoms with van der Waals surface area (Å²) >= 11 is 0. The molecule has 2 aromatic carbocycles. The van der Waals surface area contributed by atoms with Crippen molar-refractivity contribution in [3.63, 3.8) is 0 Å². The predicted octanol–water partition coefficient (Wildman–Crippen LogP) is 3.06. The van der Waals surface area contributed by atoms with E-state index in [1.165, 1.54) is 19.1 Å². The number of nitrogens with one attached hydrogen (secondary N) is 2. The molecular weight excluding hydrogens is 402 g/mol. The second kappa shape index (κ2) is 8.97. The molecule has 0 atom stereocenters. The summed E-state index contributed by atoms with van der Waals surface area (Å²) in [5.74, 6) is -0.396. The third-order valence-electron chi connectivity index (χ3n) is 5.05. The van der Waals surface area contributed by atoms with Crippen molar-refractivity contribution >= 4 is 27.5 Å². The van der Waals surface area contributed by atoms with Crippen molar-refractivity contribution in [2.24, 2.45) is 0 Å². The Kier molecular flexibility index (Phi) is 6.58. The molecule has 1 aliphatic rings. The van der Waals surface area contributed by atoms with Gasteiger partial charge in [0.2, 0.25) is 15.9 Å². The van der Waals surface area contributed by atoms with Crippen LogP contribution in [0.15, 0.2) is 47.4 Å². The van der Waals surface area contributed by atoms with E-state index in [-0.39, 0.29) is 22.8 Å². The first-order valence-corrected chi connectivity index (χ1v) is 11.5. The Morgan fingerprint density at radius 1 is 1.13 bits per heavy atom. The fourth-order valence-corrected chi connectivity index (χ4v) is 4.44. The first-order valence-electron chi connectivity index (χ1n) is 9.98. The lowest BCUT2D eigenvalue weighted by Gasteiger charge is -2.19. The highest BCUT2D eigenvalue weighted by atomic mass is 32.2. The van der Waals surface area contributed by atoms with Crippen LogP contribution in [0.3, 0.4) is 0 Å². The average molecular weight is 430 g/mol. The molecule has 8 heteroatoms. The zero-order valence-electron chi connectivity index (χ0n) is 17.4. The third-order valence-corrected chi connectivity index (χ3v) is 6.57. The van der Waals surface area contributed by atoms with Gasteiger partial charge < -0.3 is 10.2 Å². The number of anilines is 1. The Labute approximate surface area is 177 Å². The predicted molar refractivity (Wildman–Crippen MR) is 116 cm³/mol. The fourth-order valence-electron chi connectivity index (χ4n) is 3.11. The molecule has 1 fully saturated rings. The Bertz CT molecular complexity index is 1060. The van der Waals surface area contributed by atoms with Crippen LogP contribution in [-0.4, -0.2) is 37.7 Å². The number of amides is 2. The monoisotopic (exact) mass is 429 g/mol. The lowest BCUT2D eigenvalue weighted by atomic mass is 10.1. The molecule has 160 valence electrons. The normalized spacial score (nSPS) is 13.7. The first-order chi connectivity index (χ1) is 14.2. The number of hydrogen-bond donors (Lipinski definition) is 2. The molecule has 0 bridgehead atoms. The van der Waals surface area contributed by atoms with Crippen LogP contribution in [0.4, 0.5) is 5.69 Å². The molecule has 7 nitrogen and oxygen atoms in total. The van der Waals surface area contributed by atoms with Gasteiger partial charge in [0.05, 0.1) is 4.90 Å². The molecule has 30 heavy (non-hydrogen) atoms. The summed E-state index contributed by atoms with van der Waals surface area (Å²) < 4.78 is 27.6. The van der Waals surface area contributed by atoms with Crippen LogP contribution in [-0.2, 0) is 21.4 Å². The average Bonchev–Trinajstić information content (AvgIpc) is 3.49. The summed E-state index contributed by atoms with van der Waals surface area (Å²) in [5, 5.41) is 2.83. The molecule has 0 heterocycles. The van der Waals surface area contributed by atoms with Gasteiger partial charge in [-0.1, -0.05) is 18.2 Å². The van der Waals surface area contributed by atoms with Crippen molar-refractivity contribution in [3.8, 4) is 0 Å². The van der Waals surface area contributed by atoms with Gasteiger partial charge in [0.1, 0.15) is 0 Å². The highest BCUT2D eigenvalue weighted by molar-refractivity contribution is 7.89. The van der Waals surface area contributed by atoms with E-state index < -0.39 is 10.0 Å². The smallest absolute Gasteiger partial charge is 0.255 e. The van der Waals surface area contributed by atoms with Crippen molar-refractivity contribution in [1.29, 1.82) is 0 Å². The molecule has 0 aromatic heterocycles. The molecule has 2 aromatic rings. The molecule has 0 radical (unpaired) electrons. The van der Waals surface area contributed by atoms with E-state index in [0.717, 1.165) is 18.4 Å². The van der Waals surface area contributed by atoms with E-state index in [2.05, 4.69) is 10.0 Å². The minimum atomic E-state index is -3.64. The van der Waals surface area contributed by atoms with Gasteiger partial charge in [-0.2, -0.15) is 0 Å². The summed E-state index contributed by atoms with van der Waals surface area (Å²) in [7, 11) is -3.64. The standard InChI is InChI=1S/C22H27N3O4S/c1-4-25(16(3)26)14-17-6-5-7-19(12-17)23-22(27)21-13-20(11-8-15(21)2)30(28,29)24-18-9-10-18/h5-8,11-13,18,24H,4,9-10,14H2,1-3H3,(H,23,27). The minimum absolute atomic E-state index is 0.00555. The summed E-state index contributed by atoms with van der Waals surface area (Å²) in [5.41, 5.74) is 2.47. The van der Waals surface area contributed by atoms with Crippen molar-refractivity contribution < 1.29 is 18.0 Å². The quantitative estimate of drug-likeness (QED) is 0.674.